The molecule has 0 aliphatic heterocycles. The molecule has 10 nitrogen and oxygen atoms in total. The highest BCUT2D eigenvalue weighted by molar-refractivity contribution is 9.10. The molecular formula is C34H23BrClFN10. The molecule has 13 heteroatoms. The van der Waals surface area contributed by atoms with Crippen molar-refractivity contribution < 1.29 is 4.39 Å². The molecule has 4 N–H and O–H groups in total. The van der Waals surface area contributed by atoms with Crippen molar-refractivity contribution in [2.75, 3.05) is 11.5 Å². The Morgan fingerprint density at radius 3 is 1.83 bits per heavy atom. The van der Waals surface area contributed by atoms with Gasteiger partial charge in [-0.2, -0.15) is 9.97 Å². The summed E-state index contributed by atoms with van der Waals surface area (Å²) in [6.45, 7) is 0. The van der Waals surface area contributed by atoms with Gasteiger partial charge in [-0.1, -0.05) is 23.7 Å². The molecule has 0 spiro atoms. The standard InChI is InChI=1S/C17H11BrFN5.C17H12ClN5/c18-13-9-11(5-7-21-13)16-15(10-1-3-12(19)4-2-10)23-17-22-14(20)6-8-24(16)17;18-13-3-1-2-12(10-13)15-16(11-4-7-20-8-5-11)23-9-6-14(19)21-17(23)22-15/h1-9H,(H2,20,22,23);1-10H,(H2,19,21,22). The lowest BCUT2D eigenvalue weighted by atomic mass is 10.1. The number of hydrogen-bond donors (Lipinski definition) is 2. The Bertz CT molecular complexity index is 2380. The average molecular weight is 706 g/mol. The summed E-state index contributed by atoms with van der Waals surface area (Å²) in [7, 11) is 0. The number of rotatable bonds is 4. The molecule has 2 aromatic carbocycles. The quantitative estimate of drug-likeness (QED) is 0.178. The van der Waals surface area contributed by atoms with Crippen molar-refractivity contribution in [2.45, 2.75) is 0 Å². The van der Waals surface area contributed by atoms with Crippen LogP contribution < -0.4 is 11.5 Å². The minimum Gasteiger partial charge on any atom is -0.384 e. The molecule has 0 radical (unpaired) electrons. The smallest absolute Gasteiger partial charge is 0.236 e. The van der Waals surface area contributed by atoms with Gasteiger partial charge in [0.2, 0.25) is 11.6 Å². The Balaban J connectivity index is 0.000000150. The molecule has 0 bridgehead atoms. The number of imidazole rings is 2. The van der Waals surface area contributed by atoms with Crippen LogP contribution in [0.5, 0.6) is 0 Å². The third kappa shape index (κ3) is 6.11. The molecule has 8 rings (SSSR count). The summed E-state index contributed by atoms with van der Waals surface area (Å²) in [4.78, 5) is 26.1. The predicted octanol–water partition coefficient (Wildman–Crippen LogP) is 7.64. The molecule has 230 valence electrons. The fraction of sp³-hybridized carbons (Fsp3) is 0. The van der Waals surface area contributed by atoms with E-state index in [-0.39, 0.29) is 5.82 Å². The Morgan fingerprint density at radius 2 is 1.21 bits per heavy atom. The number of benzene rings is 2. The van der Waals surface area contributed by atoms with Crippen LogP contribution in [0.1, 0.15) is 0 Å². The molecular weight excluding hydrogens is 683 g/mol. The minimum absolute atomic E-state index is 0.293. The second-order valence-electron chi connectivity index (χ2n) is 10.3. The van der Waals surface area contributed by atoms with Gasteiger partial charge in [-0.25, -0.2) is 19.3 Å². The van der Waals surface area contributed by atoms with Crippen LogP contribution in [0.2, 0.25) is 5.02 Å². The summed E-state index contributed by atoms with van der Waals surface area (Å²) in [5, 5.41) is 0.660. The average Bonchev–Trinajstić information content (AvgIpc) is 3.64. The number of nitrogens with two attached hydrogens (primary N) is 2. The molecule has 0 unspecified atom stereocenters. The molecule has 8 aromatic rings. The van der Waals surface area contributed by atoms with E-state index in [1.165, 1.54) is 12.1 Å². The minimum atomic E-state index is -0.293. The fourth-order valence-electron chi connectivity index (χ4n) is 5.15. The van der Waals surface area contributed by atoms with E-state index in [2.05, 4.69) is 45.8 Å². The van der Waals surface area contributed by atoms with Crippen LogP contribution in [0.3, 0.4) is 0 Å². The van der Waals surface area contributed by atoms with Gasteiger partial charge in [-0.05, 0) is 88.7 Å². The highest BCUT2D eigenvalue weighted by Gasteiger charge is 2.18. The first kappa shape index (κ1) is 30.0. The molecule has 47 heavy (non-hydrogen) atoms. The lowest BCUT2D eigenvalue weighted by Gasteiger charge is -2.06. The van der Waals surface area contributed by atoms with Crippen molar-refractivity contribution in [1.82, 2.24) is 38.7 Å². The first-order valence-electron chi connectivity index (χ1n) is 14.2. The largest absolute Gasteiger partial charge is 0.384 e. The SMILES string of the molecule is Nc1ccn2c(-c3ccnc(Br)c3)c(-c3ccc(F)cc3)nc2n1.Nc1ccn2c(-c3ccncc3)c(-c3cccc(Cl)c3)nc2n1. The second kappa shape index (κ2) is 12.6. The first-order valence-corrected chi connectivity index (χ1v) is 15.3. The van der Waals surface area contributed by atoms with Crippen molar-refractivity contribution in [2.24, 2.45) is 0 Å². The highest BCUT2D eigenvalue weighted by atomic mass is 79.9. The van der Waals surface area contributed by atoms with Crippen LogP contribution in [0.15, 0.2) is 121 Å². The topological polar surface area (TPSA) is 138 Å². The number of anilines is 2. The molecule has 0 saturated heterocycles. The molecule has 0 aliphatic carbocycles. The van der Waals surface area contributed by atoms with E-state index in [0.717, 1.165) is 39.3 Å². The summed E-state index contributed by atoms with van der Waals surface area (Å²) in [6, 6.07) is 24.9. The summed E-state index contributed by atoms with van der Waals surface area (Å²) in [5.74, 6) is 1.56. The molecule has 0 amide bonds. The van der Waals surface area contributed by atoms with Gasteiger partial charge in [-0.3, -0.25) is 13.8 Å². The molecule has 6 aromatic heterocycles. The number of pyridine rings is 2. The van der Waals surface area contributed by atoms with Gasteiger partial charge in [0.15, 0.2) is 0 Å². The van der Waals surface area contributed by atoms with E-state index in [1.807, 2.05) is 69.7 Å². The Hall–Kier alpha value is -5.72. The number of nitrogens with zero attached hydrogens (tertiary/aromatic N) is 8. The number of aromatic nitrogens is 8. The first-order chi connectivity index (χ1) is 22.8. The van der Waals surface area contributed by atoms with E-state index in [1.54, 1.807) is 42.9 Å². The number of nitrogen functional groups attached to an aromatic ring is 2. The maximum atomic E-state index is 13.3. The van der Waals surface area contributed by atoms with Gasteiger partial charge in [0.05, 0.1) is 22.8 Å². The predicted molar refractivity (Wildman–Crippen MR) is 185 cm³/mol. The fourth-order valence-corrected chi connectivity index (χ4v) is 5.70. The van der Waals surface area contributed by atoms with E-state index < -0.39 is 0 Å². The van der Waals surface area contributed by atoms with Gasteiger partial charge in [0.25, 0.3) is 0 Å². The molecule has 0 aliphatic rings. The number of fused-ring (bicyclic) bond motifs is 2. The van der Waals surface area contributed by atoms with Crippen molar-refractivity contribution in [3.63, 3.8) is 0 Å². The zero-order valence-corrected chi connectivity index (χ0v) is 26.7. The van der Waals surface area contributed by atoms with Crippen molar-refractivity contribution in [3.8, 4) is 45.0 Å². The van der Waals surface area contributed by atoms with Crippen LogP contribution in [0, 0.1) is 5.82 Å². The van der Waals surface area contributed by atoms with Crippen LogP contribution in [0.25, 0.3) is 56.6 Å². The normalized spacial score (nSPS) is 11.0. The zero-order chi connectivity index (χ0) is 32.5. The van der Waals surface area contributed by atoms with E-state index >= 15 is 0 Å². The lowest BCUT2D eigenvalue weighted by molar-refractivity contribution is 0.628. The zero-order valence-electron chi connectivity index (χ0n) is 24.3. The van der Waals surface area contributed by atoms with Gasteiger partial charge in [0, 0.05) is 58.3 Å². The molecule has 0 fully saturated rings. The number of hydrogen-bond acceptors (Lipinski definition) is 8. The van der Waals surface area contributed by atoms with E-state index in [4.69, 9.17) is 23.1 Å². The van der Waals surface area contributed by atoms with E-state index in [9.17, 15) is 4.39 Å². The van der Waals surface area contributed by atoms with Crippen LogP contribution in [-0.2, 0) is 0 Å². The van der Waals surface area contributed by atoms with E-state index in [0.29, 0.717) is 38.5 Å². The van der Waals surface area contributed by atoms with Crippen LogP contribution in [-0.4, -0.2) is 38.7 Å². The monoisotopic (exact) mass is 704 g/mol. The summed E-state index contributed by atoms with van der Waals surface area (Å²) in [5.41, 5.74) is 18.5. The maximum Gasteiger partial charge on any atom is 0.236 e. The Labute approximate surface area is 280 Å². The third-order valence-corrected chi connectivity index (χ3v) is 7.87. The van der Waals surface area contributed by atoms with Crippen LogP contribution in [0.4, 0.5) is 16.0 Å². The Morgan fingerprint density at radius 1 is 0.617 bits per heavy atom. The Kier molecular flexibility index (Phi) is 8.02. The lowest BCUT2D eigenvalue weighted by Crippen LogP contribution is -1.95. The van der Waals surface area contributed by atoms with Gasteiger partial charge < -0.3 is 11.5 Å². The van der Waals surface area contributed by atoms with Crippen molar-refractivity contribution in [3.05, 3.63) is 131 Å². The third-order valence-electron chi connectivity index (χ3n) is 7.20. The maximum absolute atomic E-state index is 13.3. The van der Waals surface area contributed by atoms with Crippen LogP contribution >= 0.6 is 27.5 Å². The second-order valence-corrected chi connectivity index (χ2v) is 11.5. The van der Waals surface area contributed by atoms with Crippen molar-refractivity contribution in [1.29, 1.82) is 0 Å². The highest BCUT2D eigenvalue weighted by Crippen LogP contribution is 2.34. The summed E-state index contributed by atoms with van der Waals surface area (Å²) >= 11 is 9.52. The number of halogens is 3. The molecule has 0 saturated carbocycles. The summed E-state index contributed by atoms with van der Waals surface area (Å²) < 4.78 is 17.8. The summed E-state index contributed by atoms with van der Waals surface area (Å²) in [6.07, 6.45) is 8.90. The molecule has 0 atom stereocenters. The van der Waals surface area contributed by atoms with Crippen molar-refractivity contribution >= 4 is 50.7 Å². The molecule has 6 heterocycles. The van der Waals surface area contributed by atoms with Gasteiger partial charge in [0.1, 0.15) is 22.1 Å². The van der Waals surface area contributed by atoms with Gasteiger partial charge >= 0.3 is 0 Å². The van der Waals surface area contributed by atoms with Gasteiger partial charge in [-0.15, -0.1) is 0 Å².